The Kier molecular flexibility index (Phi) is 7.10. The van der Waals surface area contributed by atoms with E-state index in [9.17, 15) is 18.4 Å². The average Bonchev–Trinajstić information content (AvgIpc) is 2.89. The van der Waals surface area contributed by atoms with E-state index in [0.29, 0.717) is 44.6 Å². The van der Waals surface area contributed by atoms with Crippen molar-refractivity contribution in [3.05, 3.63) is 78.5 Å². The summed E-state index contributed by atoms with van der Waals surface area (Å²) in [5.41, 5.74) is 3.23. The Morgan fingerprint density at radius 2 is 1.64 bits per heavy atom. The van der Waals surface area contributed by atoms with Crippen LogP contribution in [-0.4, -0.2) is 31.6 Å². The Morgan fingerprint density at radius 1 is 0.917 bits per heavy atom. The Labute approximate surface area is 204 Å². The van der Waals surface area contributed by atoms with Crippen molar-refractivity contribution in [3.8, 4) is 23.0 Å². The molecule has 1 heterocycles. The summed E-state index contributed by atoms with van der Waals surface area (Å²) in [6.45, 7) is 0. The molecule has 0 spiro atoms. The lowest BCUT2D eigenvalue weighted by atomic mass is 10.2. The van der Waals surface area contributed by atoms with Crippen LogP contribution in [-0.2, 0) is 4.79 Å². The number of ether oxygens (including phenoxy) is 3. The summed E-state index contributed by atoms with van der Waals surface area (Å²) in [7, 11) is 3.08. The molecule has 0 fully saturated rings. The highest BCUT2D eigenvalue weighted by Gasteiger charge is 2.14. The molecule has 0 aliphatic carbocycles. The maximum Gasteiger partial charge on any atom is 0.338 e. The first-order valence-corrected chi connectivity index (χ1v) is 10.5. The fourth-order valence-electron chi connectivity index (χ4n) is 3.32. The van der Waals surface area contributed by atoms with Gasteiger partial charge in [0.05, 0.1) is 25.4 Å². The van der Waals surface area contributed by atoms with Gasteiger partial charge in [-0.2, -0.15) is 0 Å². The van der Waals surface area contributed by atoms with Crippen LogP contribution in [0.25, 0.3) is 10.9 Å². The number of benzene rings is 3. The van der Waals surface area contributed by atoms with Gasteiger partial charge in [0, 0.05) is 29.4 Å². The molecule has 0 aliphatic heterocycles. The maximum atomic E-state index is 13.4. The monoisotopic (exact) mass is 494 g/mol. The quantitative estimate of drug-likeness (QED) is 0.263. The smallest absolute Gasteiger partial charge is 0.338 e. The SMILES string of the molecule is COc1cc2nccc(Oc3ccc(NC(=O)NN(C=O)c4ccc(F)c(F)c4)cc3)c2cc1OC. The lowest BCUT2D eigenvalue weighted by Gasteiger charge is -2.19. The largest absolute Gasteiger partial charge is 0.493 e. The highest BCUT2D eigenvalue weighted by molar-refractivity contribution is 5.93. The summed E-state index contributed by atoms with van der Waals surface area (Å²) in [5, 5.41) is 3.96. The summed E-state index contributed by atoms with van der Waals surface area (Å²) in [5.74, 6) is -0.138. The van der Waals surface area contributed by atoms with E-state index in [4.69, 9.17) is 14.2 Å². The standard InChI is InChI=1S/C25H20F2N4O5/c1-34-23-12-18-21(13-24(23)35-2)28-10-9-22(18)36-17-6-3-15(4-7-17)29-25(33)30-31(14-32)16-5-8-19(26)20(27)11-16/h3-14H,1-2H3,(H2,29,30,33). The number of amides is 3. The van der Waals surface area contributed by atoms with Gasteiger partial charge in [0.15, 0.2) is 23.1 Å². The normalized spacial score (nSPS) is 10.4. The van der Waals surface area contributed by atoms with E-state index in [1.165, 1.54) is 7.11 Å². The molecule has 0 aliphatic rings. The third-order valence-corrected chi connectivity index (χ3v) is 5.06. The van der Waals surface area contributed by atoms with E-state index in [0.717, 1.165) is 18.2 Å². The second-order valence-corrected chi connectivity index (χ2v) is 7.30. The number of hydrazine groups is 1. The van der Waals surface area contributed by atoms with E-state index in [1.807, 2.05) is 0 Å². The first-order valence-electron chi connectivity index (χ1n) is 10.5. The molecule has 0 atom stereocenters. The van der Waals surface area contributed by atoms with E-state index in [1.54, 1.807) is 55.8 Å². The molecule has 3 amide bonds. The number of hydrogen-bond donors (Lipinski definition) is 2. The Bertz CT molecular complexity index is 1420. The molecular formula is C25H20F2N4O5. The van der Waals surface area contributed by atoms with Crippen LogP contribution in [0.3, 0.4) is 0 Å². The number of nitrogens with one attached hydrogen (secondary N) is 2. The Morgan fingerprint density at radius 3 is 2.31 bits per heavy atom. The molecule has 0 unspecified atom stereocenters. The number of methoxy groups -OCH3 is 2. The van der Waals surface area contributed by atoms with Crippen molar-refractivity contribution < 1.29 is 32.6 Å². The van der Waals surface area contributed by atoms with Crippen molar-refractivity contribution in [1.82, 2.24) is 10.4 Å². The van der Waals surface area contributed by atoms with Crippen molar-refractivity contribution in [2.45, 2.75) is 0 Å². The van der Waals surface area contributed by atoms with E-state index in [-0.39, 0.29) is 12.1 Å². The van der Waals surface area contributed by atoms with Crippen LogP contribution in [0.1, 0.15) is 0 Å². The van der Waals surface area contributed by atoms with Crippen molar-refractivity contribution in [1.29, 1.82) is 0 Å². The highest BCUT2D eigenvalue weighted by atomic mass is 19.2. The molecule has 9 nitrogen and oxygen atoms in total. The number of carbonyl (C=O) groups is 2. The zero-order valence-electron chi connectivity index (χ0n) is 19.1. The molecule has 4 rings (SSSR count). The highest BCUT2D eigenvalue weighted by Crippen LogP contribution is 2.37. The summed E-state index contributed by atoms with van der Waals surface area (Å²) in [6.07, 6.45) is 1.86. The zero-order chi connectivity index (χ0) is 25.7. The van der Waals surface area contributed by atoms with Crippen LogP contribution in [0.15, 0.2) is 66.9 Å². The van der Waals surface area contributed by atoms with Gasteiger partial charge < -0.3 is 19.5 Å². The van der Waals surface area contributed by atoms with Gasteiger partial charge in [-0.05, 0) is 48.5 Å². The Balaban J connectivity index is 1.45. The molecule has 4 aromatic rings. The number of carbonyl (C=O) groups excluding carboxylic acids is 2. The third-order valence-electron chi connectivity index (χ3n) is 5.06. The number of urea groups is 1. The fourth-order valence-corrected chi connectivity index (χ4v) is 3.32. The molecule has 2 N–H and O–H groups in total. The second kappa shape index (κ2) is 10.6. The van der Waals surface area contributed by atoms with Crippen LogP contribution in [0.5, 0.6) is 23.0 Å². The molecule has 3 aromatic carbocycles. The topological polar surface area (TPSA) is 102 Å². The molecule has 11 heteroatoms. The molecule has 36 heavy (non-hydrogen) atoms. The zero-order valence-corrected chi connectivity index (χ0v) is 19.1. The maximum absolute atomic E-state index is 13.4. The first-order chi connectivity index (χ1) is 17.4. The first kappa shape index (κ1) is 24.2. The summed E-state index contributed by atoms with van der Waals surface area (Å²) >= 11 is 0. The fraction of sp³-hybridized carbons (Fsp3) is 0.0800. The van der Waals surface area contributed by atoms with E-state index >= 15 is 0 Å². The van der Waals surface area contributed by atoms with Crippen LogP contribution in [0, 0.1) is 11.6 Å². The number of rotatable bonds is 8. The number of nitrogens with zero attached hydrogens (tertiary/aromatic N) is 2. The minimum absolute atomic E-state index is 0.0541. The minimum Gasteiger partial charge on any atom is -0.493 e. The number of pyridine rings is 1. The summed E-state index contributed by atoms with van der Waals surface area (Å²) in [4.78, 5) is 27.9. The third kappa shape index (κ3) is 5.25. The van der Waals surface area contributed by atoms with Crippen molar-refractivity contribution in [2.24, 2.45) is 0 Å². The van der Waals surface area contributed by atoms with Gasteiger partial charge >= 0.3 is 6.03 Å². The van der Waals surface area contributed by atoms with Gasteiger partial charge in [0.25, 0.3) is 0 Å². The van der Waals surface area contributed by atoms with Gasteiger partial charge in [0.1, 0.15) is 11.5 Å². The second-order valence-electron chi connectivity index (χ2n) is 7.30. The minimum atomic E-state index is -1.16. The predicted octanol–water partition coefficient (Wildman–Crippen LogP) is 5.02. The lowest BCUT2D eigenvalue weighted by Crippen LogP contribution is -2.43. The van der Waals surface area contributed by atoms with E-state index < -0.39 is 17.7 Å². The number of halogens is 2. The summed E-state index contributed by atoms with van der Waals surface area (Å²) < 4.78 is 43.2. The van der Waals surface area contributed by atoms with Gasteiger partial charge in [0.2, 0.25) is 6.41 Å². The Hall–Kier alpha value is -4.93. The average molecular weight is 494 g/mol. The van der Waals surface area contributed by atoms with Crippen LogP contribution in [0.4, 0.5) is 25.0 Å². The van der Waals surface area contributed by atoms with Crippen LogP contribution < -0.4 is 30.0 Å². The molecule has 0 radical (unpaired) electrons. The molecule has 184 valence electrons. The number of fused-ring (bicyclic) bond motifs is 1. The lowest BCUT2D eigenvalue weighted by molar-refractivity contribution is -0.107. The molecule has 0 saturated carbocycles. The van der Waals surface area contributed by atoms with Crippen LogP contribution >= 0.6 is 0 Å². The molecule has 1 aromatic heterocycles. The molecule has 0 saturated heterocycles. The van der Waals surface area contributed by atoms with Gasteiger partial charge in [-0.15, -0.1) is 0 Å². The van der Waals surface area contributed by atoms with Gasteiger partial charge in [-0.3, -0.25) is 9.78 Å². The van der Waals surface area contributed by atoms with Crippen molar-refractivity contribution in [2.75, 3.05) is 24.5 Å². The van der Waals surface area contributed by atoms with Gasteiger partial charge in [-0.1, -0.05) is 0 Å². The summed E-state index contributed by atoms with van der Waals surface area (Å²) in [6, 6.07) is 13.7. The van der Waals surface area contributed by atoms with Crippen molar-refractivity contribution >= 4 is 34.7 Å². The van der Waals surface area contributed by atoms with E-state index in [2.05, 4.69) is 15.7 Å². The van der Waals surface area contributed by atoms with Crippen LogP contribution in [0.2, 0.25) is 0 Å². The molecular weight excluding hydrogens is 474 g/mol. The molecule has 0 bridgehead atoms. The van der Waals surface area contributed by atoms with Gasteiger partial charge in [-0.25, -0.2) is 24.0 Å². The number of anilines is 2. The number of aromatic nitrogens is 1. The van der Waals surface area contributed by atoms with Crippen molar-refractivity contribution in [3.63, 3.8) is 0 Å². The predicted molar refractivity (Wildman–Crippen MR) is 128 cm³/mol. The number of hydrogen-bond acceptors (Lipinski definition) is 6.